The maximum absolute atomic E-state index is 9.77. The molecule has 0 aromatic carbocycles. The fourth-order valence-corrected chi connectivity index (χ4v) is 1.22. The Morgan fingerprint density at radius 2 is 2.00 bits per heavy atom. The standard InChI is InChI=1S/C10H22O2/c1-5-7-8-9(11)10(3,6-2)12-4/h9,11H,5-8H2,1-4H3. The molecule has 0 aromatic heterocycles. The van der Waals surface area contributed by atoms with Gasteiger partial charge in [-0.1, -0.05) is 26.7 Å². The summed E-state index contributed by atoms with van der Waals surface area (Å²) in [5, 5.41) is 9.77. The third-order valence-corrected chi connectivity index (χ3v) is 2.70. The average molecular weight is 174 g/mol. The van der Waals surface area contributed by atoms with Gasteiger partial charge in [-0.3, -0.25) is 0 Å². The Morgan fingerprint density at radius 3 is 2.33 bits per heavy atom. The molecule has 0 saturated carbocycles. The summed E-state index contributed by atoms with van der Waals surface area (Å²) in [7, 11) is 1.67. The molecule has 0 fully saturated rings. The molecule has 2 nitrogen and oxygen atoms in total. The largest absolute Gasteiger partial charge is 0.390 e. The van der Waals surface area contributed by atoms with E-state index in [0.717, 1.165) is 25.7 Å². The van der Waals surface area contributed by atoms with Crippen LogP contribution in [0.3, 0.4) is 0 Å². The van der Waals surface area contributed by atoms with Crippen molar-refractivity contribution in [3.8, 4) is 0 Å². The van der Waals surface area contributed by atoms with Crippen LogP contribution in [-0.4, -0.2) is 23.9 Å². The minimum absolute atomic E-state index is 0.326. The molecule has 0 amide bonds. The average Bonchev–Trinajstić information content (AvgIpc) is 2.12. The van der Waals surface area contributed by atoms with Crippen molar-refractivity contribution in [1.82, 2.24) is 0 Å². The fourth-order valence-electron chi connectivity index (χ4n) is 1.22. The van der Waals surface area contributed by atoms with Crippen LogP contribution in [0.5, 0.6) is 0 Å². The first-order valence-electron chi connectivity index (χ1n) is 4.84. The molecule has 0 aliphatic rings. The monoisotopic (exact) mass is 174 g/mol. The van der Waals surface area contributed by atoms with Crippen molar-refractivity contribution < 1.29 is 9.84 Å². The van der Waals surface area contributed by atoms with Crippen LogP contribution >= 0.6 is 0 Å². The number of methoxy groups -OCH3 is 1. The van der Waals surface area contributed by atoms with Crippen LogP contribution in [0, 0.1) is 0 Å². The molecular weight excluding hydrogens is 152 g/mol. The zero-order valence-electron chi connectivity index (χ0n) is 8.76. The lowest BCUT2D eigenvalue weighted by Crippen LogP contribution is -2.40. The van der Waals surface area contributed by atoms with Gasteiger partial charge in [-0.05, 0) is 19.8 Å². The number of unbranched alkanes of at least 4 members (excludes halogenated alkanes) is 1. The lowest BCUT2D eigenvalue weighted by molar-refractivity contribution is -0.0952. The second kappa shape index (κ2) is 5.55. The molecule has 0 aliphatic heterocycles. The van der Waals surface area contributed by atoms with Gasteiger partial charge in [-0.25, -0.2) is 0 Å². The molecule has 0 aromatic rings. The first kappa shape index (κ1) is 11.9. The van der Waals surface area contributed by atoms with Crippen molar-refractivity contribution >= 4 is 0 Å². The van der Waals surface area contributed by atoms with Crippen molar-refractivity contribution in [3.05, 3.63) is 0 Å². The molecule has 0 radical (unpaired) electrons. The van der Waals surface area contributed by atoms with Crippen LogP contribution in [0.1, 0.15) is 46.5 Å². The van der Waals surface area contributed by atoms with Gasteiger partial charge in [0, 0.05) is 7.11 Å². The van der Waals surface area contributed by atoms with E-state index < -0.39 is 0 Å². The summed E-state index contributed by atoms with van der Waals surface area (Å²) in [6, 6.07) is 0. The summed E-state index contributed by atoms with van der Waals surface area (Å²) in [6.07, 6.45) is 3.57. The normalized spacial score (nSPS) is 18.8. The highest BCUT2D eigenvalue weighted by Gasteiger charge is 2.29. The highest BCUT2D eigenvalue weighted by Crippen LogP contribution is 2.22. The second-order valence-electron chi connectivity index (χ2n) is 3.53. The van der Waals surface area contributed by atoms with Crippen molar-refractivity contribution in [1.29, 1.82) is 0 Å². The molecule has 0 aliphatic carbocycles. The summed E-state index contributed by atoms with van der Waals surface area (Å²) in [5.74, 6) is 0. The Labute approximate surface area is 75.9 Å². The third kappa shape index (κ3) is 3.11. The van der Waals surface area contributed by atoms with E-state index in [1.54, 1.807) is 7.11 Å². The number of hydrogen-bond donors (Lipinski definition) is 1. The fraction of sp³-hybridized carbons (Fsp3) is 1.00. The van der Waals surface area contributed by atoms with Gasteiger partial charge in [0.2, 0.25) is 0 Å². The molecule has 2 atom stereocenters. The minimum atomic E-state index is -0.352. The maximum atomic E-state index is 9.77. The molecule has 1 N–H and O–H groups in total. The van der Waals surface area contributed by atoms with E-state index in [9.17, 15) is 5.11 Å². The Balaban J connectivity index is 3.93. The highest BCUT2D eigenvalue weighted by molar-refractivity contribution is 4.81. The van der Waals surface area contributed by atoms with E-state index in [-0.39, 0.29) is 11.7 Å². The van der Waals surface area contributed by atoms with Gasteiger partial charge < -0.3 is 9.84 Å². The van der Waals surface area contributed by atoms with Gasteiger partial charge in [0.05, 0.1) is 11.7 Å². The van der Waals surface area contributed by atoms with E-state index >= 15 is 0 Å². The van der Waals surface area contributed by atoms with Crippen LogP contribution < -0.4 is 0 Å². The Hall–Kier alpha value is -0.0800. The van der Waals surface area contributed by atoms with E-state index in [4.69, 9.17) is 4.74 Å². The van der Waals surface area contributed by atoms with E-state index in [0.29, 0.717) is 0 Å². The molecule has 2 unspecified atom stereocenters. The zero-order chi connectivity index (χ0) is 9.61. The molecular formula is C10H22O2. The number of ether oxygens (including phenoxy) is 1. The Morgan fingerprint density at radius 1 is 1.42 bits per heavy atom. The van der Waals surface area contributed by atoms with Gasteiger partial charge in [0.15, 0.2) is 0 Å². The number of aliphatic hydroxyl groups excluding tert-OH is 1. The molecule has 0 saturated heterocycles. The summed E-state index contributed by atoms with van der Waals surface area (Å²) in [5.41, 5.74) is -0.352. The smallest absolute Gasteiger partial charge is 0.0905 e. The third-order valence-electron chi connectivity index (χ3n) is 2.70. The van der Waals surface area contributed by atoms with Crippen LogP contribution in [-0.2, 0) is 4.74 Å². The van der Waals surface area contributed by atoms with E-state index in [1.165, 1.54) is 0 Å². The SMILES string of the molecule is CCCCC(O)C(C)(CC)OC. The molecule has 0 rings (SSSR count). The van der Waals surface area contributed by atoms with Crippen LogP contribution in [0.4, 0.5) is 0 Å². The summed E-state index contributed by atoms with van der Waals surface area (Å²) in [6.45, 7) is 6.13. The number of hydrogen-bond acceptors (Lipinski definition) is 2. The highest BCUT2D eigenvalue weighted by atomic mass is 16.5. The maximum Gasteiger partial charge on any atom is 0.0905 e. The second-order valence-corrected chi connectivity index (χ2v) is 3.53. The quantitative estimate of drug-likeness (QED) is 0.669. The topological polar surface area (TPSA) is 29.5 Å². The lowest BCUT2D eigenvalue weighted by Gasteiger charge is -2.32. The predicted molar refractivity (Wildman–Crippen MR) is 51.2 cm³/mol. The van der Waals surface area contributed by atoms with E-state index in [2.05, 4.69) is 6.92 Å². The van der Waals surface area contributed by atoms with Gasteiger partial charge in [0.25, 0.3) is 0 Å². The summed E-state index contributed by atoms with van der Waals surface area (Å²) >= 11 is 0. The first-order valence-corrected chi connectivity index (χ1v) is 4.84. The molecule has 74 valence electrons. The molecule has 2 heteroatoms. The number of rotatable bonds is 6. The first-order chi connectivity index (χ1) is 5.60. The molecule has 0 heterocycles. The van der Waals surface area contributed by atoms with E-state index in [1.807, 2.05) is 13.8 Å². The van der Waals surface area contributed by atoms with Gasteiger partial charge >= 0.3 is 0 Å². The molecule has 0 spiro atoms. The summed E-state index contributed by atoms with van der Waals surface area (Å²) in [4.78, 5) is 0. The van der Waals surface area contributed by atoms with Crippen LogP contribution in [0.2, 0.25) is 0 Å². The van der Waals surface area contributed by atoms with Gasteiger partial charge in [-0.15, -0.1) is 0 Å². The Bertz CT molecular complexity index is 108. The van der Waals surface area contributed by atoms with Crippen molar-refractivity contribution in [3.63, 3.8) is 0 Å². The predicted octanol–water partition coefficient (Wildman–Crippen LogP) is 2.35. The number of aliphatic hydroxyl groups is 1. The van der Waals surface area contributed by atoms with Crippen molar-refractivity contribution in [2.45, 2.75) is 58.2 Å². The summed E-state index contributed by atoms with van der Waals surface area (Å²) < 4.78 is 5.30. The van der Waals surface area contributed by atoms with Crippen LogP contribution in [0.15, 0.2) is 0 Å². The molecule has 0 bridgehead atoms. The van der Waals surface area contributed by atoms with Crippen molar-refractivity contribution in [2.75, 3.05) is 7.11 Å². The van der Waals surface area contributed by atoms with Crippen LogP contribution in [0.25, 0.3) is 0 Å². The van der Waals surface area contributed by atoms with Gasteiger partial charge in [0.1, 0.15) is 0 Å². The molecule has 12 heavy (non-hydrogen) atoms. The minimum Gasteiger partial charge on any atom is -0.390 e. The lowest BCUT2D eigenvalue weighted by atomic mass is 9.92. The Kier molecular flexibility index (Phi) is 5.51. The van der Waals surface area contributed by atoms with Crippen molar-refractivity contribution in [2.24, 2.45) is 0 Å². The zero-order valence-corrected chi connectivity index (χ0v) is 8.76. The van der Waals surface area contributed by atoms with Gasteiger partial charge in [-0.2, -0.15) is 0 Å².